The van der Waals surface area contributed by atoms with Gasteiger partial charge in [-0.3, -0.25) is 4.79 Å². The van der Waals surface area contributed by atoms with Crippen LogP contribution in [0.1, 0.15) is 44.4 Å². The van der Waals surface area contributed by atoms with Crippen molar-refractivity contribution in [3.8, 4) is 22.9 Å². The molecule has 1 heterocycles. The average molecular weight is 360 g/mol. The van der Waals surface area contributed by atoms with Crippen LogP contribution in [0.3, 0.4) is 0 Å². The van der Waals surface area contributed by atoms with Gasteiger partial charge in [0.05, 0.1) is 14.2 Å². The van der Waals surface area contributed by atoms with Gasteiger partial charge in [-0.2, -0.15) is 4.98 Å². The molecule has 2 aromatic rings. The second-order valence-electron chi connectivity index (χ2n) is 6.45. The highest BCUT2D eigenvalue weighted by molar-refractivity contribution is 5.69. The van der Waals surface area contributed by atoms with E-state index in [9.17, 15) is 4.79 Å². The largest absolute Gasteiger partial charge is 0.493 e. The van der Waals surface area contributed by atoms with Crippen LogP contribution in [0.2, 0.25) is 0 Å². The minimum Gasteiger partial charge on any atom is -0.493 e. The lowest BCUT2D eigenvalue weighted by Gasteiger charge is -2.20. The summed E-state index contributed by atoms with van der Waals surface area (Å²) in [6, 6.07) is 5.35. The summed E-state index contributed by atoms with van der Waals surface area (Å²) in [6.45, 7) is -0.00809. The van der Waals surface area contributed by atoms with Crippen LogP contribution < -0.4 is 9.47 Å². The average Bonchev–Trinajstić information content (AvgIpc) is 3.15. The van der Waals surface area contributed by atoms with E-state index in [0.29, 0.717) is 29.7 Å². The van der Waals surface area contributed by atoms with Gasteiger partial charge in [-0.25, -0.2) is 0 Å². The number of ether oxygens (including phenoxy) is 3. The maximum Gasteiger partial charge on any atom is 0.306 e. The zero-order valence-electron chi connectivity index (χ0n) is 15.2. The first-order valence-electron chi connectivity index (χ1n) is 8.90. The quantitative estimate of drug-likeness (QED) is 0.695. The van der Waals surface area contributed by atoms with E-state index in [0.717, 1.165) is 18.4 Å². The molecule has 0 spiro atoms. The molecule has 0 saturated heterocycles. The standard InChI is InChI=1S/C19H24N2O5/c1-23-15-9-8-14(11-16(15)24-2)19-20-17(26-21-19)12-25-18(22)10-13-6-4-3-5-7-13/h8-9,11,13H,3-7,10,12H2,1-2H3. The van der Waals surface area contributed by atoms with E-state index in [1.165, 1.54) is 19.3 Å². The van der Waals surface area contributed by atoms with Gasteiger partial charge in [-0.15, -0.1) is 0 Å². The number of aromatic nitrogens is 2. The van der Waals surface area contributed by atoms with Crippen molar-refractivity contribution in [1.82, 2.24) is 10.1 Å². The Morgan fingerprint density at radius 2 is 1.92 bits per heavy atom. The molecule has 1 aromatic carbocycles. The van der Waals surface area contributed by atoms with E-state index in [4.69, 9.17) is 18.7 Å². The fourth-order valence-corrected chi connectivity index (χ4v) is 3.23. The number of carbonyl (C=O) groups is 1. The van der Waals surface area contributed by atoms with Crippen LogP contribution in [-0.2, 0) is 16.1 Å². The fourth-order valence-electron chi connectivity index (χ4n) is 3.23. The molecule has 7 heteroatoms. The molecule has 1 aliphatic carbocycles. The smallest absolute Gasteiger partial charge is 0.306 e. The number of nitrogens with zero attached hydrogens (tertiary/aromatic N) is 2. The molecule has 7 nitrogen and oxygen atoms in total. The molecule has 0 unspecified atom stereocenters. The topological polar surface area (TPSA) is 83.7 Å². The predicted octanol–water partition coefficient (Wildman–Crippen LogP) is 3.77. The SMILES string of the molecule is COc1ccc(-c2noc(COC(=O)CC3CCCCC3)n2)cc1OC. The molecule has 1 saturated carbocycles. The molecule has 0 N–H and O–H groups in total. The Hall–Kier alpha value is -2.57. The zero-order valence-corrected chi connectivity index (χ0v) is 15.2. The number of carbonyl (C=O) groups excluding carboxylic acids is 1. The van der Waals surface area contributed by atoms with Crippen molar-refractivity contribution in [3.63, 3.8) is 0 Å². The van der Waals surface area contributed by atoms with Crippen LogP contribution in [-0.4, -0.2) is 30.3 Å². The van der Waals surface area contributed by atoms with E-state index < -0.39 is 0 Å². The first kappa shape index (κ1) is 18.2. The third kappa shape index (κ3) is 4.53. The summed E-state index contributed by atoms with van der Waals surface area (Å²) in [5.74, 6) is 2.12. The van der Waals surface area contributed by atoms with Gasteiger partial charge >= 0.3 is 5.97 Å². The Morgan fingerprint density at radius 1 is 1.15 bits per heavy atom. The Labute approximate surface area is 152 Å². The summed E-state index contributed by atoms with van der Waals surface area (Å²) in [7, 11) is 3.14. The number of hydrogen-bond donors (Lipinski definition) is 0. The van der Waals surface area contributed by atoms with Gasteiger partial charge in [0.15, 0.2) is 18.1 Å². The van der Waals surface area contributed by atoms with E-state index in [1.54, 1.807) is 26.4 Å². The molecule has 0 amide bonds. The molecule has 0 aliphatic heterocycles. The van der Waals surface area contributed by atoms with Crippen molar-refractivity contribution >= 4 is 5.97 Å². The van der Waals surface area contributed by atoms with Crippen LogP contribution in [0.4, 0.5) is 0 Å². The van der Waals surface area contributed by atoms with E-state index in [-0.39, 0.29) is 18.5 Å². The Morgan fingerprint density at radius 3 is 2.65 bits per heavy atom. The van der Waals surface area contributed by atoms with Crippen LogP contribution in [0.15, 0.2) is 22.7 Å². The van der Waals surface area contributed by atoms with Gasteiger partial charge in [0.25, 0.3) is 5.89 Å². The van der Waals surface area contributed by atoms with Gasteiger partial charge in [-0.05, 0) is 37.0 Å². The second kappa shape index (κ2) is 8.69. The number of methoxy groups -OCH3 is 2. The van der Waals surface area contributed by atoms with Crippen molar-refractivity contribution < 1.29 is 23.5 Å². The minimum atomic E-state index is -0.206. The van der Waals surface area contributed by atoms with E-state index in [2.05, 4.69) is 10.1 Å². The molecular formula is C19H24N2O5. The minimum absolute atomic E-state index is 0.00809. The number of rotatable bonds is 7. The second-order valence-corrected chi connectivity index (χ2v) is 6.45. The highest BCUT2D eigenvalue weighted by Crippen LogP contribution is 2.31. The van der Waals surface area contributed by atoms with Gasteiger partial charge in [0.1, 0.15) is 0 Å². The lowest BCUT2D eigenvalue weighted by Crippen LogP contribution is -2.14. The Balaban J connectivity index is 1.57. The predicted molar refractivity (Wildman–Crippen MR) is 93.8 cm³/mol. The maximum atomic E-state index is 12.0. The Bertz CT molecular complexity index is 737. The maximum absolute atomic E-state index is 12.0. The lowest BCUT2D eigenvalue weighted by atomic mass is 9.87. The van der Waals surface area contributed by atoms with Gasteiger partial charge < -0.3 is 18.7 Å². The number of esters is 1. The molecule has 3 rings (SSSR count). The number of hydrogen-bond acceptors (Lipinski definition) is 7. The molecule has 1 fully saturated rings. The number of benzene rings is 1. The highest BCUT2D eigenvalue weighted by atomic mass is 16.6. The molecule has 0 bridgehead atoms. The normalized spacial score (nSPS) is 14.8. The fraction of sp³-hybridized carbons (Fsp3) is 0.526. The molecule has 1 aliphatic rings. The van der Waals surface area contributed by atoms with Gasteiger partial charge in [0, 0.05) is 12.0 Å². The third-order valence-electron chi connectivity index (χ3n) is 4.65. The molecule has 0 radical (unpaired) electrons. The van der Waals surface area contributed by atoms with Crippen molar-refractivity contribution in [1.29, 1.82) is 0 Å². The first-order valence-corrected chi connectivity index (χ1v) is 8.90. The van der Waals surface area contributed by atoms with Gasteiger partial charge in [0.2, 0.25) is 5.82 Å². The summed E-state index contributed by atoms with van der Waals surface area (Å²) in [4.78, 5) is 16.3. The third-order valence-corrected chi connectivity index (χ3v) is 4.65. The summed E-state index contributed by atoms with van der Waals surface area (Å²) in [6.07, 6.45) is 6.37. The molecule has 140 valence electrons. The summed E-state index contributed by atoms with van der Waals surface area (Å²) in [5.41, 5.74) is 0.728. The van der Waals surface area contributed by atoms with Crippen molar-refractivity contribution in [2.24, 2.45) is 5.92 Å². The van der Waals surface area contributed by atoms with Crippen molar-refractivity contribution in [3.05, 3.63) is 24.1 Å². The molecule has 26 heavy (non-hydrogen) atoms. The monoisotopic (exact) mass is 360 g/mol. The van der Waals surface area contributed by atoms with E-state index >= 15 is 0 Å². The summed E-state index contributed by atoms with van der Waals surface area (Å²) >= 11 is 0. The molecular weight excluding hydrogens is 336 g/mol. The van der Waals surface area contributed by atoms with Crippen LogP contribution in [0.25, 0.3) is 11.4 Å². The first-order chi connectivity index (χ1) is 12.7. The van der Waals surface area contributed by atoms with Gasteiger partial charge in [-0.1, -0.05) is 24.4 Å². The van der Waals surface area contributed by atoms with Crippen molar-refractivity contribution in [2.45, 2.75) is 45.1 Å². The van der Waals surface area contributed by atoms with Crippen LogP contribution in [0, 0.1) is 5.92 Å². The molecule has 1 aromatic heterocycles. The van der Waals surface area contributed by atoms with E-state index in [1.807, 2.05) is 6.07 Å². The zero-order chi connectivity index (χ0) is 18.4. The Kier molecular flexibility index (Phi) is 6.09. The molecule has 0 atom stereocenters. The summed E-state index contributed by atoms with van der Waals surface area (Å²) < 4.78 is 20.9. The summed E-state index contributed by atoms with van der Waals surface area (Å²) in [5, 5.41) is 3.94. The van der Waals surface area contributed by atoms with Crippen LogP contribution in [0.5, 0.6) is 11.5 Å². The van der Waals surface area contributed by atoms with Crippen LogP contribution >= 0.6 is 0 Å². The highest BCUT2D eigenvalue weighted by Gasteiger charge is 2.19. The van der Waals surface area contributed by atoms with Crippen molar-refractivity contribution in [2.75, 3.05) is 14.2 Å². The lowest BCUT2D eigenvalue weighted by molar-refractivity contribution is -0.147.